The second-order valence-corrected chi connectivity index (χ2v) is 3.52. The van der Waals surface area contributed by atoms with E-state index in [1.807, 2.05) is 17.9 Å². The topological polar surface area (TPSA) is 21.1 Å². The van der Waals surface area contributed by atoms with Gasteiger partial charge in [-0.3, -0.25) is 9.58 Å². The molecule has 0 aliphatic carbocycles. The first kappa shape index (κ1) is 7.80. The third kappa shape index (κ3) is 1.14. The monoisotopic (exact) mass is 165 g/mol. The van der Waals surface area contributed by atoms with Crippen molar-refractivity contribution in [3.63, 3.8) is 0 Å². The van der Waals surface area contributed by atoms with Crippen LogP contribution in [0.3, 0.4) is 0 Å². The normalized spacial score (nSPS) is 25.0. The molecule has 1 fully saturated rings. The molecule has 3 heteroatoms. The van der Waals surface area contributed by atoms with Crippen molar-refractivity contribution in [2.45, 2.75) is 18.9 Å². The van der Waals surface area contributed by atoms with Crippen LogP contribution in [0, 0.1) is 0 Å². The molecular formula is C9H15N3. The number of likely N-dealkylation sites (tertiary alicyclic amines) is 1. The van der Waals surface area contributed by atoms with Gasteiger partial charge in [-0.05, 0) is 32.5 Å². The highest BCUT2D eigenvalue weighted by atomic mass is 15.3. The minimum absolute atomic E-state index is 0.595. The highest BCUT2D eigenvalue weighted by Crippen LogP contribution is 2.29. The highest BCUT2D eigenvalue weighted by molar-refractivity contribution is 5.08. The molecule has 1 atom stereocenters. The van der Waals surface area contributed by atoms with Gasteiger partial charge in [0.1, 0.15) is 0 Å². The van der Waals surface area contributed by atoms with Gasteiger partial charge in [0.05, 0.1) is 11.7 Å². The van der Waals surface area contributed by atoms with Crippen LogP contribution in [0.1, 0.15) is 24.6 Å². The second kappa shape index (κ2) is 2.90. The molecule has 0 radical (unpaired) electrons. The Hall–Kier alpha value is -0.830. The lowest BCUT2D eigenvalue weighted by Gasteiger charge is -2.19. The van der Waals surface area contributed by atoms with Gasteiger partial charge in [-0.1, -0.05) is 0 Å². The van der Waals surface area contributed by atoms with Gasteiger partial charge in [-0.15, -0.1) is 0 Å². The third-order valence-corrected chi connectivity index (χ3v) is 2.72. The van der Waals surface area contributed by atoms with Crippen LogP contribution < -0.4 is 0 Å². The Kier molecular flexibility index (Phi) is 1.89. The lowest BCUT2D eigenvalue weighted by molar-refractivity contribution is 0.304. The molecule has 0 amide bonds. The molecule has 0 N–H and O–H groups in total. The maximum Gasteiger partial charge on any atom is 0.0552 e. The zero-order valence-corrected chi connectivity index (χ0v) is 7.70. The summed E-state index contributed by atoms with van der Waals surface area (Å²) in [5.41, 5.74) is 1.34. The first-order chi connectivity index (χ1) is 5.79. The maximum absolute atomic E-state index is 4.19. The molecule has 1 aliphatic heterocycles. The quantitative estimate of drug-likeness (QED) is 0.623. The molecule has 0 aromatic carbocycles. The number of hydrogen-bond acceptors (Lipinski definition) is 2. The molecule has 1 unspecified atom stereocenters. The van der Waals surface area contributed by atoms with Gasteiger partial charge in [0.25, 0.3) is 0 Å². The first-order valence-electron chi connectivity index (χ1n) is 4.47. The smallest absolute Gasteiger partial charge is 0.0552 e. The summed E-state index contributed by atoms with van der Waals surface area (Å²) in [5.74, 6) is 0. The summed E-state index contributed by atoms with van der Waals surface area (Å²) in [4.78, 5) is 2.40. The number of rotatable bonds is 1. The van der Waals surface area contributed by atoms with Crippen molar-refractivity contribution in [2.75, 3.05) is 13.6 Å². The SMILES string of the molecule is CN1CCCC1c1ccnn1C. The van der Waals surface area contributed by atoms with Crippen LogP contribution in [0.5, 0.6) is 0 Å². The molecule has 0 saturated carbocycles. The molecule has 2 rings (SSSR count). The predicted octanol–water partition coefficient (Wildman–Crippen LogP) is 1.19. The van der Waals surface area contributed by atoms with E-state index in [9.17, 15) is 0 Å². The Labute approximate surface area is 73.0 Å². The van der Waals surface area contributed by atoms with Crippen LogP contribution in [0.2, 0.25) is 0 Å². The zero-order chi connectivity index (χ0) is 8.55. The number of hydrogen-bond donors (Lipinski definition) is 0. The summed E-state index contributed by atoms with van der Waals surface area (Å²) < 4.78 is 1.98. The van der Waals surface area contributed by atoms with E-state index in [1.54, 1.807) is 0 Å². The summed E-state index contributed by atoms with van der Waals surface area (Å²) in [6.07, 6.45) is 4.46. The Balaban J connectivity index is 2.24. The van der Waals surface area contributed by atoms with E-state index < -0.39 is 0 Å². The van der Waals surface area contributed by atoms with Crippen LogP contribution in [0.4, 0.5) is 0 Å². The predicted molar refractivity (Wildman–Crippen MR) is 47.8 cm³/mol. The average molecular weight is 165 g/mol. The van der Waals surface area contributed by atoms with Crippen molar-refractivity contribution in [3.8, 4) is 0 Å². The van der Waals surface area contributed by atoms with Crippen molar-refractivity contribution in [1.82, 2.24) is 14.7 Å². The molecule has 3 nitrogen and oxygen atoms in total. The fourth-order valence-corrected chi connectivity index (χ4v) is 1.99. The lowest BCUT2D eigenvalue weighted by Crippen LogP contribution is -2.19. The van der Waals surface area contributed by atoms with Crippen LogP contribution in [0.25, 0.3) is 0 Å². The zero-order valence-electron chi connectivity index (χ0n) is 7.70. The maximum atomic E-state index is 4.19. The Morgan fingerprint density at radius 1 is 1.50 bits per heavy atom. The summed E-state index contributed by atoms with van der Waals surface area (Å²) in [7, 11) is 4.20. The fraction of sp³-hybridized carbons (Fsp3) is 0.667. The number of nitrogens with zero attached hydrogens (tertiary/aromatic N) is 3. The van der Waals surface area contributed by atoms with Crippen molar-refractivity contribution >= 4 is 0 Å². The van der Waals surface area contributed by atoms with Gasteiger partial charge >= 0.3 is 0 Å². The number of aromatic nitrogens is 2. The van der Waals surface area contributed by atoms with E-state index in [4.69, 9.17) is 0 Å². The Bertz CT molecular complexity index is 266. The van der Waals surface area contributed by atoms with Crippen LogP contribution in [-0.2, 0) is 7.05 Å². The molecule has 0 spiro atoms. The molecule has 1 aliphatic rings. The third-order valence-electron chi connectivity index (χ3n) is 2.72. The standard InChI is InChI=1S/C9H15N3/c1-11-7-3-4-8(11)9-5-6-10-12(9)2/h5-6,8H,3-4,7H2,1-2H3. The molecule has 2 heterocycles. The number of aryl methyl sites for hydroxylation is 1. The average Bonchev–Trinajstić information content (AvgIpc) is 2.59. The summed E-state index contributed by atoms with van der Waals surface area (Å²) in [6.45, 7) is 1.22. The van der Waals surface area contributed by atoms with Crippen LogP contribution >= 0.6 is 0 Å². The molecule has 1 saturated heterocycles. The Morgan fingerprint density at radius 3 is 2.83 bits per heavy atom. The Morgan fingerprint density at radius 2 is 2.33 bits per heavy atom. The molecule has 12 heavy (non-hydrogen) atoms. The van der Waals surface area contributed by atoms with E-state index >= 15 is 0 Å². The minimum Gasteiger partial charge on any atom is -0.298 e. The van der Waals surface area contributed by atoms with Crippen LogP contribution in [-0.4, -0.2) is 28.3 Å². The molecular weight excluding hydrogens is 150 g/mol. The second-order valence-electron chi connectivity index (χ2n) is 3.52. The van der Waals surface area contributed by atoms with Gasteiger partial charge in [-0.2, -0.15) is 5.10 Å². The minimum atomic E-state index is 0.595. The molecule has 0 bridgehead atoms. The largest absolute Gasteiger partial charge is 0.298 e. The van der Waals surface area contributed by atoms with E-state index in [-0.39, 0.29) is 0 Å². The van der Waals surface area contributed by atoms with Crippen molar-refractivity contribution in [2.24, 2.45) is 7.05 Å². The van der Waals surface area contributed by atoms with Gasteiger partial charge in [0.15, 0.2) is 0 Å². The van der Waals surface area contributed by atoms with Gasteiger partial charge < -0.3 is 0 Å². The summed E-state index contributed by atoms with van der Waals surface area (Å²) in [6, 6.07) is 2.71. The lowest BCUT2D eigenvalue weighted by atomic mass is 10.1. The van der Waals surface area contributed by atoms with E-state index in [1.165, 1.54) is 25.1 Å². The molecule has 66 valence electrons. The van der Waals surface area contributed by atoms with Crippen molar-refractivity contribution in [3.05, 3.63) is 18.0 Å². The van der Waals surface area contributed by atoms with E-state index in [0.717, 1.165) is 0 Å². The van der Waals surface area contributed by atoms with Gasteiger partial charge in [0, 0.05) is 13.2 Å². The summed E-state index contributed by atoms with van der Waals surface area (Å²) >= 11 is 0. The van der Waals surface area contributed by atoms with E-state index in [2.05, 4.69) is 23.1 Å². The molecule has 1 aromatic rings. The van der Waals surface area contributed by atoms with E-state index in [0.29, 0.717) is 6.04 Å². The van der Waals surface area contributed by atoms with Crippen molar-refractivity contribution < 1.29 is 0 Å². The fourth-order valence-electron chi connectivity index (χ4n) is 1.99. The van der Waals surface area contributed by atoms with Gasteiger partial charge in [-0.25, -0.2) is 0 Å². The molecule has 1 aromatic heterocycles. The van der Waals surface area contributed by atoms with Gasteiger partial charge in [0.2, 0.25) is 0 Å². The van der Waals surface area contributed by atoms with Crippen LogP contribution in [0.15, 0.2) is 12.3 Å². The van der Waals surface area contributed by atoms with Crippen molar-refractivity contribution in [1.29, 1.82) is 0 Å². The highest BCUT2D eigenvalue weighted by Gasteiger charge is 2.24. The summed E-state index contributed by atoms with van der Waals surface area (Å²) in [5, 5.41) is 4.19. The first-order valence-corrected chi connectivity index (χ1v) is 4.47.